The number of piperidine rings is 1. The van der Waals surface area contributed by atoms with Gasteiger partial charge in [0.25, 0.3) is 0 Å². The molecule has 0 aliphatic carbocycles. The molecule has 1 aliphatic rings. The molecular weight excluding hydrogens is 162 g/mol. The van der Waals surface area contributed by atoms with Gasteiger partial charge < -0.3 is 0 Å². The Bertz CT molecular complexity index is 205. The second-order valence-electron chi connectivity index (χ2n) is 5.27. The first-order chi connectivity index (χ1) is 5.82. The molecule has 1 fully saturated rings. The van der Waals surface area contributed by atoms with Crippen molar-refractivity contribution in [2.75, 3.05) is 6.54 Å². The number of hydrogen-bond donors (Lipinski definition) is 0. The van der Waals surface area contributed by atoms with Crippen molar-refractivity contribution in [3.63, 3.8) is 0 Å². The number of rotatable bonds is 0. The van der Waals surface area contributed by atoms with Gasteiger partial charge in [-0.05, 0) is 33.6 Å². The molecule has 76 valence electrons. The standard InChI is InChI=1S/C11H21NO/c1-8-6-10(13)9(2)12(7-8)11(3,4)5/h8-9H,6-7H2,1-5H3/t8-,9+/m1/s1. The SMILES string of the molecule is C[C@@H]1CC(=O)[C@H](C)N(C(C)(C)C)C1. The lowest BCUT2D eigenvalue weighted by molar-refractivity contribution is -0.131. The molecule has 0 unspecified atom stereocenters. The molecular formula is C11H21NO. The van der Waals surface area contributed by atoms with Gasteiger partial charge in [0.1, 0.15) is 5.78 Å². The van der Waals surface area contributed by atoms with Crippen molar-refractivity contribution in [1.29, 1.82) is 0 Å². The molecule has 0 radical (unpaired) electrons. The Kier molecular flexibility index (Phi) is 2.81. The molecule has 1 rings (SSSR count). The zero-order valence-corrected chi connectivity index (χ0v) is 9.42. The van der Waals surface area contributed by atoms with Gasteiger partial charge in [-0.1, -0.05) is 6.92 Å². The van der Waals surface area contributed by atoms with E-state index in [1.54, 1.807) is 0 Å². The smallest absolute Gasteiger partial charge is 0.150 e. The quantitative estimate of drug-likeness (QED) is 0.573. The fourth-order valence-corrected chi connectivity index (χ4v) is 2.10. The predicted molar refractivity (Wildman–Crippen MR) is 54.7 cm³/mol. The van der Waals surface area contributed by atoms with Crippen LogP contribution >= 0.6 is 0 Å². The number of Topliss-reactive ketones (excluding diaryl/α,β-unsaturated/α-hetero) is 1. The Balaban J connectivity index is 2.78. The first kappa shape index (κ1) is 10.7. The van der Waals surface area contributed by atoms with Gasteiger partial charge in [0.05, 0.1) is 6.04 Å². The zero-order valence-electron chi connectivity index (χ0n) is 9.42. The number of carbonyl (C=O) groups is 1. The van der Waals surface area contributed by atoms with Crippen molar-refractivity contribution >= 4 is 5.78 Å². The second-order valence-corrected chi connectivity index (χ2v) is 5.27. The highest BCUT2D eigenvalue weighted by Crippen LogP contribution is 2.25. The van der Waals surface area contributed by atoms with Crippen LogP contribution in [0.3, 0.4) is 0 Å². The Morgan fingerprint density at radius 1 is 1.31 bits per heavy atom. The first-order valence-corrected chi connectivity index (χ1v) is 5.12. The summed E-state index contributed by atoms with van der Waals surface area (Å²) in [5.41, 5.74) is 0.115. The van der Waals surface area contributed by atoms with Crippen molar-refractivity contribution in [2.24, 2.45) is 5.92 Å². The maximum absolute atomic E-state index is 11.6. The minimum atomic E-state index is 0.108. The lowest BCUT2D eigenvalue weighted by Crippen LogP contribution is -2.55. The monoisotopic (exact) mass is 183 g/mol. The molecule has 0 N–H and O–H groups in total. The summed E-state index contributed by atoms with van der Waals surface area (Å²) in [6, 6.07) is 0.108. The van der Waals surface area contributed by atoms with Crippen molar-refractivity contribution in [2.45, 2.75) is 52.6 Å². The van der Waals surface area contributed by atoms with Gasteiger partial charge in [-0.15, -0.1) is 0 Å². The van der Waals surface area contributed by atoms with Gasteiger partial charge in [-0.25, -0.2) is 0 Å². The maximum Gasteiger partial charge on any atom is 0.150 e. The van der Waals surface area contributed by atoms with Crippen molar-refractivity contribution in [1.82, 2.24) is 4.90 Å². The van der Waals surface area contributed by atoms with Gasteiger partial charge >= 0.3 is 0 Å². The number of ketones is 1. The zero-order chi connectivity index (χ0) is 10.2. The van der Waals surface area contributed by atoms with E-state index in [0.717, 1.165) is 13.0 Å². The fourth-order valence-electron chi connectivity index (χ4n) is 2.10. The number of nitrogens with zero attached hydrogens (tertiary/aromatic N) is 1. The van der Waals surface area contributed by atoms with Crippen LogP contribution in [0.25, 0.3) is 0 Å². The van der Waals surface area contributed by atoms with E-state index in [9.17, 15) is 4.79 Å². The fraction of sp³-hybridized carbons (Fsp3) is 0.909. The van der Waals surface area contributed by atoms with E-state index >= 15 is 0 Å². The number of carbonyl (C=O) groups excluding carboxylic acids is 1. The average Bonchev–Trinajstić information content (AvgIpc) is 1.94. The van der Waals surface area contributed by atoms with E-state index in [1.165, 1.54) is 0 Å². The lowest BCUT2D eigenvalue weighted by Gasteiger charge is -2.44. The molecule has 2 heteroatoms. The van der Waals surface area contributed by atoms with Crippen molar-refractivity contribution in [3.8, 4) is 0 Å². The van der Waals surface area contributed by atoms with Gasteiger partial charge in [0.15, 0.2) is 0 Å². The molecule has 0 aromatic carbocycles. The highest BCUT2D eigenvalue weighted by molar-refractivity contribution is 5.84. The van der Waals surface area contributed by atoms with Crippen LogP contribution in [0.5, 0.6) is 0 Å². The Hall–Kier alpha value is -0.370. The van der Waals surface area contributed by atoms with Crippen LogP contribution < -0.4 is 0 Å². The van der Waals surface area contributed by atoms with Gasteiger partial charge in [-0.3, -0.25) is 9.69 Å². The molecule has 2 atom stereocenters. The summed E-state index contributed by atoms with van der Waals surface area (Å²) in [4.78, 5) is 13.9. The highest BCUT2D eigenvalue weighted by Gasteiger charge is 2.35. The molecule has 0 spiro atoms. The van der Waals surface area contributed by atoms with Crippen LogP contribution in [0.15, 0.2) is 0 Å². The van der Waals surface area contributed by atoms with Gasteiger partial charge in [0.2, 0.25) is 0 Å². The molecule has 2 nitrogen and oxygen atoms in total. The minimum absolute atomic E-state index is 0.108. The van der Waals surface area contributed by atoms with Crippen molar-refractivity contribution < 1.29 is 4.79 Å². The number of hydrogen-bond acceptors (Lipinski definition) is 2. The van der Waals surface area contributed by atoms with Crippen molar-refractivity contribution in [3.05, 3.63) is 0 Å². The third-order valence-corrected chi connectivity index (χ3v) is 2.85. The van der Waals surface area contributed by atoms with Crippen LogP contribution in [0.4, 0.5) is 0 Å². The minimum Gasteiger partial charge on any atom is -0.298 e. The van der Waals surface area contributed by atoms with E-state index in [1.807, 2.05) is 6.92 Å². The molecule has 13 heavy (non-hydrogen) atoms. The maximum atomic E-state index is 11.6. The van der Waals surface area contributed by atoms with Gasteiger partial charge in [-0.2, -0.15) is 0 Å². The lowest BCUT2D eigenvalue weighted by atomic mass is 9.89. The van der Waals surface area contributed by atoms with Gasteiger partial charge in [0, 0.05) is 18.5 Å². The summed E-state index contributed by atoms with van der Waals surface area (Å²) >= 11 is 0. The van der Waals surface area contributed by atoms with Crippen LogP contribution in [-0.4, -0.2) is 28.8 Å². The predicted octanol–water partition coefficient (Wildman–Crippen LogP) is 2.08. The van der Waals surface area contributed by atoms with Crippen LogP contribution in [0.2, 0.25) is 0 Å². The van der Waals surface area contributed by atoms with Crippen LogP contribution in [0, 0.1) is 5.92 Å². The average molecular weight is 183 g/mol. The summed E-state index contributed by atoms with van der Waals surface area (Å²) in [6.07, 6.45) is 0.758. The molecule has 1 saturated heterocycles. The Morgan fingerprint density at radius 2 is 1.85 bits per heavy atom. The normalized spacial score (nSPS) is 32.2. The van der Waals surface area contributed by atoms with E-state index in [2.05, 4.69) is 32.6 Å². The van der Waals surface area contributed by atoms with E-state index < -0.39 is 0 Å². The second kappa shape index (κ2) is 3.41. The molecule has 0 aromatic rings. The Morgan fingerprint density at radius 3 is 2.31 bits per heavy atom. The third kappa shape index (κ3) is 2.31. The first-order valence-electron chi connectivity index (χ1n) is 5.12. The van der Waals surface area contributed by atoms with Crippen LogP contribution in [0.1, 0.15) is 41.0 Å². The molecule has 1 aliphatic heterocycles. The molecule has 1 heterocycles. The topological polar surface area (TPSA) is 20.3 Å². The summed E-state index contributed by atoms with van der Waals surface area (Å²) < 4.78 is 0. The summed E-state index contributed by atoms with van der Waals surface area (Å²) in [6.45, 7) is 11.8. The summed E-state index contributed by atoms with van der Waals surface area (Å²) in [7, 11) is 0. The molecule has 0 bridgehead atoms. The number of likely N-dealkylation sites (tertiary alicyclic amines) is 1. The van der Waals surface area contributed by atoms with E-state index in [-0.39, 0.29) is 11.6 Å². The van der Waals surface area contributed by atoms with E-state index in [0.29, 0.717) is 11.7 Å². The molecule has 0 saturated carbocycles. The largest absolute Gasteiger partial charge is 0.298 e. The van der Waals surface area contributed by atoms with Crippen LogP contribution in [-0.2, 0) is 4.79 Å². The summed E-state index contributed by atoms with van der Waals surface area (Å²) in [5.74, 6) is 0.914. The Labute approximate surface area is 81.3 Å². The molecule has 0 aromatic heterocycles. The highest BCUT2D eigenvalue weighted by atomic mass is 16.1. The third-order valence-electron chi connectivity index (χ3n) is 2.85. The summed E-state index contributed by atoms with van der Waals surface area (Å²) in [5, 5.41) is 0. The molecule has 0 amide bonds. The van der Waals surface area contributed by atoms with E-state index in [4.69, 9.17) is 0 Å².